The van der Waals surface area contributed by atoms with Crippen molar-refractivity contribution in [2.45, 2.75) is 40.2 Å². The van der Waals surface area contributed by atoms with Crippen LogP contribution in [0.15, 0.2) is 18.2 Å². The molecule has 0 spiro atoms. The topological polar surface area (TPSA) is 76.7 Å². The fourth-order valence-corrected chi connectivity index (χ4v) is 1.71. The molecule has 0 aromatic heterocycles. The summed E-state index contributed by atoms with van der Waals surface area (Å²) in [7, 11) is 0. The van der Waals surface area contributed by atoms with Crippen molar-refractivity contribution in [2.75, 3.05) is 18.5 Å². The lowest BCUT2D eigenvalue weighted by atomic mass is 10.1. The smallest absolute Gasteiger partial charge is 0.313 e. The largest absolute Gasteiger partial charge is 0.490 e. The van der Waals surface area contributed by atoms with Crippen molar-refractivity contribution in [1.82, 2.24) is 5.32 Å². The van der Waals surface area contributed by atoms with Crippen LogP contribution in [0.5, 0.6) is 11.5 Å². The van der Waals surface area contributed by atoms with Gasteiger partial charge in [0.25, 0.3) is 0 Å². The van der Waals surface area contributed by atoms with Gasteiger partial charge in [-0.05, 0) is 46.8 Å². The summed E-state index contributed by atoms with van der Waals surface area (Å²) < 4.78 is 10.9. The Bertz CT molecular complexity index is 535. The summed E-state index contributed by atoms with van der Waals surface area (Å²) in [4.78, 5) is 23.6. The molecule has 1 aromatic rings. The van der Waals surface area contributed by atoms with Gasteiger partial charge in [-0.3, -0.25) is 9.59 Å². The SMILES string of the molecule is CCOc1ccc(NC(=O)C(=O)NC(C)(C)C)cc1OCC. The number of ether oxygens (including phenoxy) is 2. The first-order chi connectivity index (χ1) is 10.3. The highest BCUT2D eigenvalue weighted by atomic mass is 16.5. The van der Waals surface area contributed by atoms with E-state index in [4.69, 9.17) is 9.47 Å². The van der Waals surface area contributed by atoms with Crippen molar-refractivity contribution >= 4 is 17.5 Å². The number of hydrogen-bond donors (Lipinski definition) is 2. The molecule has 0 unspecified atom stereocenters. The third-order valence-corrected chi connectivity index (χ3v) is 2.50. The highest BCUT2D eigenvalue weighted by Crippen LogP contribution is 2.30. The van der Waals surface area contributed by atoms with E-state index in [2.05, 4.69) is 10.6 Å². The third-order valence-electron chi connectivity index (χ3n) is 2.50. The molecule has 0 aliphatic carbocycles. The van der Waals surface area contributed by atoms with Crippen LogP contribution >= 0.6 is 0 Å². The lowest BCUT2D eigenvalue weighted by Gasteiger charge is -2.20. The van der Waals surface area contributed by atoms with E-state index >= 15 is 0 Å². The lowest BCUT2D eigenvalue weighted by molar-refractivity contribution is -0.137. The van der Waals surface area contributed by atoms with Crippen LogP contribution < -0.4 is 20.1 Å². The minimum Gasteiger partial charge on any atom is -0.490 e. The quantitative estimate of drug-likeness (QED) is 0.819. The van der Waals surface area contributed by atoms with Gasteiger partial charge in [0.15, 0.2) is 11.5 Å². The van der Waals surface area contributed by atoms with Gasteiger partial charge in [0.05, 0.1) is 13.2 Å². The third kappa shape index (κ3) is 5.63. The molecule has 122 valence electrons. The summed E-state index contributed by atoms with van der Waals surface area (Å²) in [6, 6.07) is 5.00. The van der Waals surface area contributed by atoms with Gasteiger partial charge >= 0.3 is 11.8 Å². The van der Waals surface area contributed by atoms with E-state index in [9.17, 15) is 9.59 Å². The number of carbonyl (C=O) groups excluding carboxylic acids is 2. The Labute approximate surface area is 131 Å². The van der Waals surface area contributed by atoms with Gasteiger partial charge in [0.2, 0.25) is 0 Å². The Kier molecular flexibility index (Phi) is 6.22. The Morgan fingerprint density at radius 2 is 1.59 bits per heavy atom. The fourth-order valence-electron chi connectivity index (χ4n) is 1.71. The zero-order chi connectivity index (χ0) is 16.8. The molecule has 1 aromatic carbocycles. The number of amides is 2. The van der Waals surface area contributed by atoms with E-state index in [0.29, 0.717) is 30.4 Å². The van der Waals surface area contributed by atoms with Gasteiger partial charge in [-0.1, -0.05) is 0 Å². The summed E-state index contributed by atoms with van der Waals surface area (Å²) in [5.41, 5.74) is 0.00459. The molecule has 0 saturated carbocycles. The van der Waals surface area contributed by atoms with Crippen molar-refractivity contribution in [3.05, 3.63) is 18.2 Å². The number of rotatable bonds is 5. The first-order valence-corrected chi connectivity index (χ1v) is 7.30. The Morgan fingerprint density at radius 3 is 2.14 bits per heavy atom. The maximum absolute atomic E-state index is 11.9. The fraction of sp³-hybridized carbons (Fsp3) is 0.500. The molecular formula is C16H24N2O4. The molecule has 0 atom stereocenters. The number of carbonyl (C=O) groups is 2. The number of hydrogen-bond acceptors (Lipinski definition) is 4. The minimum atomic E-state index is -0.721. The first-order valence-electron chi connectivity index (χ1n) is 7.30. The molecule has 6 heteroatoms. The Hall–Kier alpha value is -2.24. The van der Waals surface area contributed by atoms with Crippen LogP contribution in [0.4, 0.5) is 5.69 Å². The van der Waals surface area contributed by atoms with E-state index in [1.165, 1.54) is 0 Å². The predicted octanol–water partition coefficient (Wildman–Crippen LogP) is 2.34. The molecule has 0 aliphatic heterocycles. The molecule has 0 bridgehead atoms. The molecule has 0 aliphatic rings. The van der Waals surface area contributed by atoms with Crippen LogP contribution in [0.1, 0.15) is 34.6 Å². The maximum Gasteiger partial charge on any atom is 0.313 e. The average Bonchev–Trinajstić information content (AvgIpc) is 2.40. The van der Waals surface area contributed by atoms with Crippen LogP contribution in [0.2, 0.25) is 0 Å². The van der Waals surface area contributed by atoms with Crippen LogP contribution in [0.3, 0.4) is 0 Å². The normalized spacial score (nSPS) is 10.8. The molecule has 22 heavy (non-hydrogen) atoms. The summed E-state index contributed by atoms with van der Waals surface area (Å²) in [5.74, 6) is -0.277. The van der Waals surface area contributed by atoms with Gasteiger partial charge in [-0.15, -0.1) is 0 Å². The van der Waals surface area contributed by atoms with Crippen LogP contribution in [0.25, 0.3) is 0 Å². The maximum atomic E-state index is 11.9. The molecule has 6 nitrogen and oxygen atoms in total. The summed E-state index contributed by atoms with van der Waals surface area (Å²) in [6.07, 6.45) is 0. The zero-order valence-corrected chi connectivity index (χ0v) is 13.8. The summed E-state index contributed by atoms with van der Waals surface area (Å²) in [6.45, 7) is 10.1. The molecule has 1 rings (SSSR count). The van der Waals surface area contributed by atoms with E-state index < -0.39 is 17.4 Å². The number of benzene rings is 1. The zero-order valence-electron chi connectivity index (χ0n) is 13.8. The molecule has 0 saturated heterocycles. The van der Waals surface area contributed by atoms with Gasteiger partial charge in [0, 0.05) is 17.3 Å². The van der Waals surface area contributed by atoms with Gasteiger partial charge in [0.1, 0.15) is 0 Å². The Balaban J connectivity index is 2.82. The molecule has 2 N–H and O–H groups in total. The highest BCUT2D eigenvalue weighted by Gasteiger charge is 2.20. The van der Waals surface area contributed by atoms with Gasteiger partial charge in [-0.25, -0.2) is 0 Å². The highest BCUT2D eigenvalue weighted by molar-refractivity contribution is 6.39. The monoisotopic (exact) mass is 308 g/mol. The van der Waals surface area contributed by atoms with Crippen molar-refractivity contribution < 1.29 is 19.1 Å². The number of anilines is 1. The molecular weight excluding hydrogens is 284 g/mol. The van der Waals surface area contributed by atoms with Crippen molar-refractivity contribution in [3.8, 4) is 11.5 Å². The first kappa shape index (κ1) is 17.8. The van der Waals surface area contributed by atoms with Crippen molar-refractivity contribution in [1.29, 1.82) is 0 Å². The minimum absolute atomic E-state index is 0.469. The van der Waals surface area contributed by atoms with Gasteiger partial charge in [-0.2, -0.15) is 0 Å². The molecule has 2 amide bonds. The standard InChI is InChI=1S/C16H24N2O4/c1-6-21-12-9-8-11(10-13(12)22-7-2)17-14(19)15(20)18-16(3,4)5/h8-10H,6-7H2,1-5H3,(H,17,19)(H,18,20). The summed E-state index contributed by atoms with van der Waals surface area (Å²) in [5, 5.41) is 5.15. The molecule has 0 radical (unpaired) electrons. The molecule has 0 heterocycles. The Morgan fingerprint density at radius 1 is 1.00 bits per heavy atom. The van der Waals surface area contributed by atoms with E-state index in [0.717, 1.165) is 0 Å². The van der Waals surface area contributed by atoms with E-state index in [1.54, 1.807) is 18.2 Å². The lowest BCUT2D eigenvalue weighted by Crippen LogP contribution is -2.46. The second-order valence-corrected chi connectivity index (χ2v) is 5.69. The molecule has 0 fully saturated rings. The predicted molar refractivity (Wildman–Crippen MR) is 85.3 cm³/mol. The van der Waals surface area contributed by atoms with Crippen molar-refractivity contribution in [3.63, 3.8) is 0 Å². The van der Waals surface area contributed by atoms with Crippen LogP contribution in [-0.4, -0.2) is 30.6 Å². The summed E-state index contributed by atoms with van der Waals surface area (Å²) >= 11 is 0. The second-order valence-electron chi connectivity index (χ2n) is 5.69. The second kappa shape index (κ2) is 7.68. The van der Waals surface area contributed by atoms with Gasteiger partial charge < -0.3 is 20.1 Å². The average molecular weight is 308 g/mol. The van der Waals surface area contributed by atoms with Crippen LogP contribution in [0, 0.1) is 0 Å². The van der Waals surface area contributed by atoms with E-state index in [-0.39, 0.29) is 0 Å². The number of nitrogens with one attached hydrogen (secondary N) is 2. The van der Waals surface area contributed by atoms with E-state index in [1.807, 2.05) is 34.6 Å². The van der Waals surface area contributed by atoms with Crippen LogP contribution in [-0.2, 0) is 9.59 Å². The van der Waals surface area contributed by atoms with Crippen molar-refractivity contribution in [2.24, 2.45) is 0 Å².